The number of hydrogen-bond acceptors (Lipinski definition) is 8. The van der Waals surface area contributed by atoms with Crippen molar-refractivity contribution in [3.8, 4) is 11.6 Å². The van der Waals surface area contributed by atoms with Gasteiger partial charge in [-0.05, 0) is 31.2 Å². The third kappa shape index (κ3) is 3.88. The second-order valence-electron chi connectivity index (χ2n) is 6.58. The van der Waals surface area contributed by atoms with Gasteiger partial charge in [0.05, 0.1) is 22.1 Å². The van der Waals surface area contributed by atoms with Crippen molar-refractivity contribution in [2.45, 2.75) is 19.1 Å². The predicted octanol–water partition coefficient (Wildman–Crippen LogP) is 2.56. The number of anilines is 1. The van der Waals surface area contributed by atoms with E-state index in [0.717, 1.165) is 4.70 Å². The lowest BCUT2D eigenvalue weighted by atomic mass is 10.2. The third-order valence-electron chi connectivity index (χ3n) is 4.40. The Morgan fingerprint density at radius 1 is 1.23 bits per heavy atom. The van der Waals surface area contributed by atoms with Gasteiger partial charge in [-0.15, -0.1) is 11.3 Å². The number of nitrogens with one attached hydrogen (secondary N) is 1. The molecule has 2 unspecified atom stereocenters. The fourth-order valence-corrected chi connectivity index (χ4v) is 3.89. The molecule has 0 aliphatic rings. The molecule has 2 atom stereocenters. The molecule has 3 heterocycles. The maximum atomic E-state index is 12.7. The molecule has 3 N–H and O–H groups in total. The van der Waals surface area contributed by atoms with Gasteiger partial charge in [-0.1, -0.05) is 12.1 Å². The van der Waals surface area contributed by atoms with Crippen LogP contribution in [0.25, 0.3) is 10.2 Å². The fourth-order valence-electron chi connectivity index (χ4n) is 2.91. The van der Waals surface area contributed by atoms with Gasteiger partial charge in [0, 0.05) is 13.2 Å². The van der Waals surface area contributed by atoms with Crippen molar-refractivity contribution < 1.29 is 19.7 Å². The third-order valence-corrected chi connectivity index (χ3v) is 5.50. The molecule has 1 aromatic carbocycles. The maximum absolute atomic E-state index is 12.7. The van der Waals surface area contributed by atoms with E-state index in [1.54, 1.807) is 38.4 Å². The van der Waals surface area contributed by atoms with Gasteiger partial charge in [-0.3, -0.25) is 9.78 Å². The number of carbonyl (C=O) groups excluding carboxylic acids is 1. The maximum Gasteiger partial charge on any atom is 0.256 e. The molecule has 0 aliphatic heterocycles. The van der Waals surface area contributed by atoms with Crippen molar-refractivity contribution >= 4 is 33.1 Å². The minimum Gasteiger partial charge on any atom is -0.436 e. The van der Waals surface area contributed by atoms with Crippen LogP contribution in [0.5, 0.6) is 11.6 Å². The highest BCUT2D eigenvalue weighted by Gasteiger charge is 2.30. The number of aliphatic hydroxyl groups is 2. The number of hydrogen-bond donors (Lipinski definition) is 3. The first kappa shape index (κ1) is 20.0. The summed E-state index contributed by atoms with van der Waals surface area (Å²) in [6.07, 6.45) is -0.0535. The Kier molecular flexibility index (Phi) is 5.44. The SMILES string of the molecule is Cc1nn(C)c(Oc2cccnc2)c1NC(=O)C(O)C(O)c1nc2ccccc2s1. The standard InChI is InChI=1S/C20H19N5O4S/c1-11-15(20(25(2)24-11)29-12-6-5-9-21-10-12)23-18(28)16(26)17(27)19-22-13-7-3-4-8-14(13)30-19/h3-10,16-17,26-27H,1-2H3,(H,23,28). The van der Waals surface area contributed by atoms with Crippen LogP contribution in [0.1, 0.15) is 16.8 Å². The number of thiazole rings is 1. The van der Waals surface area contributed by atoms with Crippen molar-refractivity contribution in [2.75, 3.05) is 5.32 Å². The first-order valence-corrected chi connectivity index (χ1v) is 9.89. The molecule has 3 aromatic heterocycles. The number of pyridine rings is 1. The summed E-state index contributed by atoms with van der Waals surface area (Å²) in [5.41, 5.74) is 1.48. The van der Waals surface area contributed by atoms with E-state index in [-0.39, 0.29) is 10.9 Å². The molecule has 0 spiro atoms. The normalized spacial score (nSPS) is 13.2. The molecule has 1 amide bonds. The summed E-state index contributed by atoms with van der Waals surface area (Å²) in [6.45, 7) is 1.70. The number of ether oxygens (including phenoxy) is 1. The minimum absolute atomic E-state index is 0.258. The van der Waals surface area contributed by atoms with Crippen molar-refractivity contribution in [3.05, 3.63) is 59.5 Å². The summed E-state index contributed by atoms with van der Waals surface area (Å²) in [6, 6.07) is 10.8. The Hall–Kier alpha value is -3.34. The number of aromatic nitrogens is 4. The number of aliphatic hydroxyl groups excluding tert-OH is 2. The van der Waals surface area contributed by atoms with Crippen molar-refractivity contribution in [3.63, 3.8) is 0 Å². The van der Waals surface area contributed by atoms with Gasteiger partial charge in [-0.25, -0.2) is 9.67 Å². The van der Waals surface area contributed by atoms with E-state index in [1.165, 1.54) is 22.2 Å². The summed E-state index contributed by atoms with van der Waals surface area (Å²) in [4.78, 5) is 20.9. The molecule has 9 nitrogen and oxygen atoms in total. The van der Waals surface area contributed by atoms with Gasteiger partial charge in [0.15, 0.2) is 6.10 Å². The minimum atomic E-state index is -1.73. The van der Waals surface area contributed by atoms with Gasteiger partial charge in [0.25, 0.3) is 5.91 Å². The van der Waals surface area contributed by atoms with E-state index >= 15 is 0 Å². The van der Waals surface area contributed by atoms with Crippen LogP contribution in [0.2, 0.25) is 0 Å². The van der Waals surface area contributed by atoms with Gasteiger partial charge in [-0.2, -0.15) is 5.10 Å². The highest BCUT2D eigenvalue weighted by molar-refractivity contribution is 7.18. The highest BCUT2D eigenvalue weighted by Crippen LogP contribution is 2.33. The smallest absolute Gasteiger partial charge is 0.256 e. The van der Waals surface area contributed by atoms with Gasteiger partial charge >= 0.3 is 0 Å². The zero-order chi connectivity index (χ0) is 21.3. The number of benzene rings is 1. The summed E-state index contributed by atoms with van der Waals surface area (Å²) in [7, 11) is 1.67. The van der Waals surface area contributed by atoms with Crippen molar-refractivity contribution in [2.24, 2.45) is 7.05 Å². The summed E-state index contributed by atoms with van der Waals surface area (Å²) in [5.74, 6) is -0.0597. The molecule has 154 valence electrons. The second-order valence-corrected chi connectivity index (χ2v) is 7.64. The van der Waals surface area contributed by atoms with E-state index < -0.39 is 18.1 Å². The quantitative estimate of drug-likeness (QED) is 0.434. The van der Waals surface area contributed by atoms with Gasteiger partial charge in [0.2, 0.25) is 5.88 Å². The Bertz CT molecular complexity index is 1160. The average molecular weight is 425 g/mol. The van der Waals surface area contributed by atoms with Gasteiger partial charge in [0.1, 0.15) is 22.5 Å². The zero-order valence-electron chi connectivity index (χ0n) is 16.2. The fraction of sp³-hybridized carbons (Fsp3) is 0.200. The number of fused-ring (bicyclic) bond motifs is 1. The first-order valence-electron chi connectivity index (χ1n) is 9.08. The lowest BCUT2D eigenvalue weighted by Crippen LogP contribution is -2.33. The van der Waals surface area contributed by atoms with Gasteiger partial charge < -0.3 is 20.3 Å². The lowest BCUT2D eigenvalue weighted by Gasteiger charge is -2.16. The molecule has 0 fully saturated rings. The second kappa shape index (κ2) is 8.19. The first-order chi connectivity index (χ1) is 14.4. The number of carbonyl (C=O) groups is 1. The Morgan fingerprint density at radius 3 is 2.77 bits per heavy atom. The number of amides is 1. The van der Waals surface area contributed by atoms with Crippen LogP contribution >= 0.6 is 11.3 Å². The predicted molar refractivity (Wildman–Crippen MR) is 111 cm³/mol. The van der Waals surface area contributed by atoms with Crippen molar-refractivity contribution in [1.29, 1.82) is 0 Å². The van der Waals surface area contributed by atoms with Crippen LogP contribution in [0, 0.1) is 6.92 Å². The number of nitrogens with zero attached hydrogens (tertiary/aromatic N) is 4. The van der Waals surface area contributed by atoms with E-state index in [4.69, 9.17) is 4.74 Å². The van der Waals surface area contributed by atoms with E-state index in [1.807, 2.05) is 18.2 Å². The van der Waals surface area contributed by atoms with E-state index in [0.29, 0.717) is 22.6 Å². The highest BCUT2D eigenvalue weighted by atomic mass is 32.1. The molecule has 0 saturated heterocycles. The summed E-state index contributed by atoms with van der Waals surface area (Å²) < 4.78 is 8.12. The average Bonchev–Trinajstić information content (AvgIpc) is 3.29. The number of aryl methyl sites for hydroxylation is 2. The summed E-state index contributed by atoms with van der Waals surface area (Å²) in [5, 5.41) is 28.0. The Balaban J connectivity index is 1.54. The molecular formula is C20H19N5O4S. The molecule has 4 rings (SSSR count). The van der Waals surface area contributed by atoms with E-state index in [9.17, 15) is 15.0 Å². The van der Waals surface area contributed by atoms with Crippen LogP contribution < -0.4 is 10.1 Å². The largest absolute Gasteiger partial charge is 0.436 e. The Morgan fingerprint density at radius 2 is 2.03 bits per heavy atom. The van der Waals surface area contributed by atoms with Crippen LogP contribution in [0.4, 0.5) is 5.69 Å². The molecular weight excluding hydrogens is 406 g/mol. The zero-order valence-corrected chi connectivity index (χ0v) is 17.0. The topological polar surface area (TPSA) is 122 Å². The van der Waals surface area contributed by atoms with E-state index in [2.05, 4.69) is 20.4 Å². The molecule has 0 aliphatic carbocycles. The molecule has 4 aromatic rings. The molecule has 10 heteroatoms. The Labute approximate surface area is 175 Å². The summed E-state index contributed by atoms with van der Waals surface area (Å²) >= 11 is 1.22. The molecule has 0 radical (unpaired) electrons. The van der Waals surface area contributed by atoms with Crippen LogP contribution in [0.15, 0.2) is 48.8 Å². The molecule has 0 saturated carbocycles. The monoisotopic (exact) mass is 425 g/mol. The molecule has 30 heavy (non-hydrogen) atoms. The van der Waals surface area contributed by atoms with Crippen LogP contribution in [-0.2, 0) is 11.8 Å². The number of para-hydroxylation sites is 1. The van der Waals surface area contributed by atoms with Crippen LogP contribution in [0.3, 0.4) is 0 Å². The lowest BCUT2D eigenvalue weighted by molar-refractivity contribution is -0.129. The number of rotatable bonds is 6. The molecule has 0 bridgehead atoms. The van der Waals surface area contributed by atoms with Crippen molar-refractivity contribution in [1.82, 2.24) is 19.7 Å². The van der Waals surface area contributed by atoms with Crippen LogP contribution in [-0.4, -0.2) is 42.0 Å².